The molecule has 1 N–H and O–H groups in total. The number of ketones is 1. The van der Waals surface area contributed by atoms with Crippen LogP contribution in [-0.2, 0) is 27.4 Å². The molecule has 0 aliphatic carbocycles. The molecule has 0 radical (unpaired) electrons. The number of anilines is 2. The summed E-state index contributed by atoms with van der Waals surface area (Å²) in [7, 11) is 1.34. The molecular weight excluding hydrogens is 548 g/mol. The highest BCUT2D eigenvalue weighted by molar-refractivity contribution is 6.33. The summed E-state index contributed by atoms with van der Waals surface area (Å²) in [5, 5.41) is 3.16. The van der Waals surface area contributed by atoms with Gasteiger partial charge in [-0.05, 0) is 56.7 Å². The fourth-order valence-corrected chi connectivity index (χ4v) is 4.13. The summed E-state index contributed by atoms with van der Waals surface area (Å²) in [6, 6.07) is 9.31. The topological polar surface area (TPSA) is 62.3 Å². The Morgan fingerprint density at radius 3 is 1.95 bits per heavy atom. The second-order valence-corrected chi connectivity index (χ2v) is 9.81. The van der Waals surface area contributed by atoms with Gasteiger partial charge in [-0.3, -0.25) is 9.59 Å². The molecule has 208 valence electrons. The van der Waals surface area contributed by atoms with Crippen LogP contribution in [0.5, 0.6) is 0 Å². The second-order valence-electron chi connectivity index (χ2n) is 9.41. The van der Waals surface area contributed by atoms with E-state index in [1.54, 1.807) is 30.3 Å². The Morgan fingerprint density at radius 1 is 0.897 bits per heavy atom. The molecule has 0 aliphatic rings. The molecular formula is C27H24ClF6N3O2. The van der Waals surface area contributed by atoms with Gasteiger partial charge in [-0.15, -0.1) is 0 Å². The minimum atomic E-state index is -5.06. The molecule has 1 amide bonds. The smallest absolute Gasteiger partial charge is 0.363 e. The van der Waals surface area contributed by atoms with Crippen molar-refractivity contribution in [2.45, 2.75) is 38.5 Å². The molecule has 1 aromatic heterocycles. The zero-order valence-electron chi connectivity index (χ0n) is 21.3. The first-order chi connectivity index (χ1) is 17.9. The Bertz CT molecular complexity index is 1370. The van der Waals surface area contributed by atoms with Crippen molar-refractivity contribution in [1.29, 1.82) is 0 Å². The maximum Gasteiger partial charge on any atom is 0.416 e. The number of aromatic nitrogens is 1. The Balaban J connectivity index is 2.13. The summed E-state index contributed by atoms with van der Waals surface area (Å²) < 4.78 is 80.8. The van der Waals surface area contributed by atoms with E-state index in [0.29, 0.717) is 28.3 Å². The number of Topliss-reactive ketones (excluding diaryl/α,β-unsaturated/α-hetero) is 1. The number of rotatable bonds is 7. The third kappa shape index (κ3) is 6.70. The number of amides is 1. The van der Waals surface area contributed by atoms with Crippen LogP contribution < -0.4 is 10.2 Å². The van der Waals surface area contributed by atoms with Gasteiger partial charge in [0.05, 0.1) is 35.0 Å². The highest BCUT2D eigenvalue weighted by Crippen LogP contribution is 2.41. The van der Waals surface area contributed by atoms with Crippen molar-refractivity contribution in [1.82, 2.24) is 4.98 Å². The number of pyridine rings is 1. The predicted octanol–water partition coefficient (Wildman–Crippen LogP) is 7.38. The van der Waals surface area contributed by atoms with E-state index in [1.165, 1.54) is 34.0 Å². The molecule has 3 rings (SSSR count). The Hall–Kier alpha value is -3.60. The molecule has 0 bridgehead atoms. The quantitative estimate of drug-likeness (QED) is 0.301. The third-order valence-corrected chi connectivity index (χ3v) is 6.41. The SMILES string of the molecule is CC(=O)CNc1cc(-c2ccccc2Cl)c(N(C)C(=O)C(C)(C)c2cc(C(F)(F)F)cc(C(F)(F)F)c2)cn1. The van der Waals surface area contributed by atoms with E-state index in [9.17, 15) is 35.9 Å². The van der Waals surface area contributed by atoms with Crippen LogP contribution in [0.4, 0.5) is 37.8 Å². The highest BCUT2D eigenvalue weighted by Gasteiger charge is 2.41. The number of alkyl halides is 6. The van der Waals surface area contributed by atoms with Gasteiger partial charge in [-0.2, -0.15) is 26.3 Å². The minimum Gasteiger partial charge on any atom is -0.363 e. The van der Waals surface area contributed by atoms with Crippen molar-refractivity contribution < 1.29 is 35.9 Å². The van der Waals surface area contributed by atoms with Crippen molar-refractivity contribution in [2.24, 2.45) is 0 Å². The van der Waals surface area contributed by atoms with Gasteiger partial charge in [0.15, 0.2) is 0 Å². The molecule has 0 atom stereocenters. The van der Waals surface area contributed by atoms with Crippen molar-refractivity contribution >= 4 is 34.8 Å². The number of nitrogens with zero attached hydrogens (tertiary/aromatic N) is 2. The number of carbonyl (C=O) groups is 2. The molecule has 0 aliphatic heterocycles. The maximum atomic E-state index is 13.7. The van der Waals surface area contributed by atoms with Crippen LogP contribution in [0.1, 0.15) is 37.5 Å². The first-order valence-corrected chi connectivity index (χ1v) is 11.9. The van der Waals surface area contributed by atoms with Gasteiger partial charge in [0, 0.05) is 23.2 Å². The van der Waals surface area contributed by atoms with Crippen molar-refractivity contribution in [3.8, 4) is 11.1 Å². The zero-order valence-corrected chi connectivity index (χ0v) is 22.0. The average Bonchev–Trinajstić information content (AvgIpc) is 2.85. The lowest BCUT2D eigenvalue weighted by atomic mass is 9.81. The van der Waals surface area contributed by atoms with E-state index >= 15 is 0 Å². The van der Waals surface area contributed by atoms with Gasteiger partial charge in [-0.25, -0.2) is 4.98 Å². The van der Waals surface area contributed by atoms with Gasteiger partial charge in [0.1, 0.15) is 11.6 Å². The van der Waals surface area contributed by atoms with Crippen LogP contribution in [0.3, 0.4) is 0 Å². The molecule has 2 aromatic carbocycles. The van der Waals surface area contributed by atoms with E-state index in [1.807, 2.05) is 0 Å². The zero-order chi connectivity index (χ0) is 29.3. The monoisotopic (exact) mass is 571 g/mol. The lowest BCUT2D eigenvalue weighted by Crippen LogP contribution is -2.42. The average molecular weight is 572 g/mol. The molecule has 1 heterocycles. The number of nitrogens with one attached hydrogen (secondary N) is 1. The van der Waals surface area contributed by atoms with Crippen LogP contribution in [0.15, 0.2) is 54.7 Å². The summed E-state index contributed by atoms with van der Waals surface area (Å²) in [5.41, 5.74) is -4.25. The van der Waals surface area contributed by atoms with Crippen LogP contribution in [0.2, 0.25) is 5.02 Å². The molecule has 39 heavy (non-hydrogen) atoms. The van der Waals surface area contributed by atoms with Crippen LogP contribution in [0, 0.1) is 0 Å². The molecule has 0 saturated heterocycles. The molecule has 12 heteroatoms. The standard InChI is InChI=1S/C27H24ClF6N3O2/c1-15(38)13-35-23-12-20(19-7-5-6-8-21(19)28)22(14-36-23)37(4)24(39)25(2,3)16-9-17(26(29,30)31)11-18(10-16)27(32,33)34/h5-12,14H,13H2,1-4H3,(H,35,36). The number of hydrogen-bond donors (Lipinski definition) is 1. The summed E-state index contributed by atoms with van der Waals surface area (Å²) in [6.45, 7) is 3.84. The van der Waals surface area contributed by atoms with Crippen molar-refractivity contribution in [3.05, 3.63) is 76.4 Å². The van der Waals surface area contributed by atoms with E-state index in [2.05, 4.69) is 10.3 Å². The summed E-state index contributed by atoms with van der Waals surface area (Å²) in [6.07, 6.45) is -8.82. The van der Waals surface area contributed by atoms with Gasteiger partial charge < -0.3 is 10.2 Å². The summed E-state index contributed by atoms with van der Waals surface area (Å²) in [5.74, 6) is -0.667. The first-order valence-electron chi connectivity index (χ1n) is 11.5. The number of hydrogen-bond acceptors (Lipinski definition) is 4. The predicted molar refractivity (Wildman–Crippen MR) is 137 cm³/mol. The van der Waals surface area contributed by atoms with Crippen LogP contribution >= 0.6 is 11.6 Å². The largest absolute Gasteiger partial charge is 0.416 e. The molecule has 3 aromatic rings. The fourth-order valence-electron chi connectivity index (χ4n) is 3.89. The third-order valence-electron chi connectivity index (χ3n) is 6.08. The van der Waals surface area contributed by atoms with E-state index in [0.717, 1.165) is 4.90 Å². The van der Waals surface area contributed by atoms with Gasteiger partial charge in [0.25, 0.3) is 0 Å². The highest BCUT2D eigenvalue weighted by atomic mass is 35.5. The van der Waals surface area contributed by atoms with Crippen LogP contribution in [0.25, 0.3) is 11.1 Å². The van der Waals surface area contributed by atoms with Crippen molar-refractivity contribution in [3.63, 3.8) is 0 Å². The van der Waals surface area contributed by atoms with E-state index in [4.69, 9.17) is 11.6 Å². The molecule has 0 unspecified atom stereocenters. The lowest BCUT2D eigenvalue weighted by Gasteiger charge is -2.32. The Morgan fingerprint density at radius 2 is 1.44 bits per heavy atom. The molecule has 0 fully saturated rings. The molecule has 0 spiro atoms. The number of likely N-dealkylation sites (N-methyl/N-ethyl adjacent to an activating group) is 1. The summed E-state index contributed by atoms with van der Waals surface area (Å²) in [4.78, 5) is 30.4. The fraction of sp³-hybridized carbons (Fsp3) is 0.296. The Labute approximate surface area is 225 Å². The van der Waals surface area contributed by atoms with Gasteiger partial charge in [-0.1, -0.05) is 29.8 Å². The van der Waals surface area contributed by atoms with Gasteiger partial charge >= 0.3 is 12.4 Å². The lowest BCUT2D eigenvalue weighted by molar-refractivity contribution is -0.143. The minimum absolute atomic E-state index is 0.0139. The Kier molecular flexibility index (Phi) is 8.35. The van der Waals surface area contributed by atoms with E-state index < -0.39 is 40.4 Å². The number of halogens is 7. The summed E-state index contributed by atoms with van der Waals surface area (Å²) >= 11 is 6.39. The number of benzene rings is 2. The maximum absolute atomic E-state index is 13.7. The normalized spacial score (nSPS) is 12.3. The first kappa shape index (κ1) is 29.9. The molecule has 0 saturated carbocycles. The van der Waals surface area contributed by atoms with E-state index in [-0.39, 0.29) is 29.9 Å². The number of carbonyl (C=O) groups excluding carboxylic acids is 2. The van der Waals surface area contributed by atoms with Gasteiger partial charge in [0.2, 0.25) is 5.91 Å². The second kappa shape index (κ2) is 10.9. The van der Waals surface area contributed by atoms with Crippen molar-refractivity contribution in [2.75, 3.05) is 23.8 Å². The van der Waals surface area contributed by atoms with Crippen LogP contribution in [-0.4, -0.2) is 30.3 Å². The molecule has 5 nitrogen and oxygen atoms in total.